The third-order valence-corrected chi connectivity index (χ3v) is 7.79. The molecule has 3 saturated carbocycles. The molecule has 33 heavy (non-hydrogen) atoms. The molecule has 9 heteroatoms. The highest BCUT2D eigenvalue weighted by Gasteiger charge is 2.68. The summed E-state index contributed by atoms with van der Waals surface area (Å²) in [5.74, 6) is 0.457. The average Bonchev–Trinajstić information content (AvgIpc) is 3.00. The van der Waals surface area contributed by atoms with Gasteiger partial charge in [-0.2, -0.15) is 0 Å². The Bertz CT molecular complexity index is 752. The zero-order chi connectivity index (χ0) is 24.9. The molecule has 7 atom stereocenters. The minimum Gasteiger partial charge on any atom is -0.444 e. The molecule has 0 aromatic carbocycles. The Hall–Kier alpha value is -1.32. The highest BCUT2D eigenvalue weighted by molar-refractivity contribution is 6.47. The van der Waals surface area contributed by atoms with Crippen molar-refractivity contribution in [1.82, 2.24) is 10.6 Å². The second-order valence-electron chi connectivity index (χ2n) is 12.4. The van der Waals surface area contributed by atoms with Crippen molar-refractivity contribution in [2.75, 3.05) is 0 Å². The lowest BCUT2D eigenvalue weighted by molar-refractivity contribution is -0.199. The lowest BCUT2D eigenvalue weighted by Gasteiger charge is -2.64. The van der Waals surface area contributed by atoms with E-state index in [0.717, 1.165) is 12.8 Å². The predicted octanol–water partition coefficient (Wildman–Crippen LogP) is 3.06. The summed E-state index contributed by atoms with van der Waals surface area (Å²) in [4.78, 5) is 25.4. The highest BCUT2D eigenvalue weighted by Crippen LogP contribution is 2.65. The first-order valence-corrected chi connectivity index (χ1v) is 12.4. The Balaban J connectivity index is 1.71. The molecule has 1 heterocycles. The van der Waals surface area contributed by atoms with E-state index in [4.69, 9.17) is 14.0 Å². The van der Waals surface area contributed by atoms with Crippen molar-refractivity contribution in [3.05, 3.63) is 0 Å². The van der Waals surface area contributed by atoms with E-state index in [2.05, 4.69) is 45.3 Å². The normalized spacial score (nSPS) is 32.9. The van der Waals surface area contributed by atoms with Crippen molar-refractivity contribution in [3.8, 4) is 0 Å². The lowest BCUT2D eigenvalue weighted by atomic mass is 9.43. The molecule has 0 spiro atoms. The van der Waals surface area contributed by atoms with Gasteiger partial charge >= 0.3 is 13.2 Å². The molecule has 1 saturated heterocycles. The Labute approximate surface area is 199 Å². The topological polar surface area (TPSA) is 106 Å². The maximum absolute atomic E-state index is 13.2. The van der Waals surface area contributed by atoms with Crippen LogP contribution in [0.5, 0.6) is 0 Å². The Morgan fingerprint density at radius 3 is 2.30 bits per heavy atom. The van der Waals surface area contributed by atoms with Crippen molar-refractivity contribution >= 4 is 19.1 Å². The van der Waals surface area contributed by atoms with Crippen LogP contribution in [0.25, 0.3) is 0 Å². The Kier molecular flexibility index (Phi) is 7.20. The number of aliphatic hydroxyl groups is 1. The first-order valence-electron chi connectivity index (χ1n) is 12.4. The van der Waals surface area contributed by atoms with Crippen LogP contribution in [-0.2, 0) is 18.8 Å². The Morgan fingerprint density at radius 2 is 1.79 bits per heavy atom. The van der Waals surface area contributed by atoms with E-state index >= 15 is 0 Å². The number of amides is 2. The molecule has 0 aromatic rings. The molecule has 4 aliphatic rings. The molecule has 0 aromatic heterocycles. The van der Waals surface area contributed by atoms with Gasteiger partial charge in [-0.25, -0.2) is 4.79 Å². The van der Waals surface area contributed by atoms with Crippen LogP contribution in [0.4, 0.5) is 4.79 Å². The SMILES string of the molecule is CC(C)C[C@H](NC(=O)[C@@H](NC(=O)OC(C)(C)C)[C@@H](C)O)B1O[C@@H]2C[C@H]3C[C@H](C3(C)C)[C@]2(C)O1. The second kappa shape index (κ2) is 9.04. The molecule has 0 unspecified atom stereocenters. The molecule has 1 aliphatic heterocycles. The van der Waals surface area contributed by atoms with Gasteiger partial charge in [0.1, 0.15) is 11.6 Å². The number of aliphatic hydroxyl groups excluding tert-OH is 1. The van der Waals surface area contributed by atoms with Crippen LogP contribution >= 0.6 is 0 Å². The van der Waals surface area contributed by atoms with Crippen LogP contribution in [0, 0.1) is 23.2 Å². The minimum atomic E-state index is -1.15. The van der Waals surface area contributed by atoms with Gasteiger partial charge in [0.15, 0.2) is 0 Å². The summed E-state index contributed by atoms with van der Waals surface area (Å²) in [6, 6.07) is -1.15. The molecule has 8 nitrogen and oxygen atoms in total. The minimum absolute atomic E-state index is 0.0123. The lowest BCUT2D eigenvalue weighted by Crippen LogP contribution is -2.65. The van der Waals surface area contributed by atoms with E-state index in [0.29, 0.717) is 18.3 Å². The van der Waals surface area contributed by atoms with E-state index in [1.165, 1.54) is 6.92 Å². The van der Waals surface area contributed by atoms with Crippen LogP contribution in [0.3, 0.4) is 0 Å². The summed E-state index contributed by atoms with van der Waals surface area (Å²) in [6.07, 6.45) is 0.929. The van der Waals surface area contributed by atoms with Gasteiger partial charge in [-0.3, -0.25) is 4.79 Å². The quantitative estimate of drug-likeness (QED) is 0.498. The van der Waals surface area contributed by atoms with Gasteiger partial charge in [0.25, 0.3) is 0 Å². The van der Waals surface area contributed by atoms with Gasteiger partial charge in [-0.05, 0) is 77.0 Å². The fourth-order valence-corrected chi connectivity index (χ4v) is 5.93. The number of hydrogen-bond acceptors (Lipinski definition) is 6. The summed E-state index contributed by atoms with van der Waals surface area (Å²) in [5.41, 5.74) is -0.855. The molecular weight excluding hydrogens is 423 g/mol. The molecule has 188 valence electrons. The van der Waals surface area contributed by atoms with E-state index in [1.54, 1.807) is 20.8 Å². The molecule has 3 N–H and O–H groups in total. The zero-order valence-corrected chi connectivity index (χ0v) is 21.7. The maximum Gasteiger partial charge on any atom is 0.481 e. The van der Waals surface area contributed by atoms with E-state index < -0.39 is 42.8 Å². The smallest absolute Gasteiger partial charge is 0.444 e. The van der Waals surface area contributed by atoms with Crippen molar-refractivity contribution in [2.24, 2.45) is 23.2 Å². The first-order chi connectivity index (χ1) is 15.0. The molecule has 2 amide bonds. The highest BCUT2D eigenvalue weighted by atomic mass is 16.7. The maximum atomic E-state index is 13.2. The Morgan fingerprint density at radius 1 is 1.15 bits per heavy atom. The summed E-state index contributed by atoms with van der Waals surface area (Å²) >= 11 is 0. The van der Waals surface area contributed by atoms with Crippen LogP contribution < -0.4 is 10.6 Å². The molecule has 0 radical (unpaired) electrons. The number of hydrogen-bond donors (Lipinski definition) is 3. The standard InChI is InChI=1S/C24H43BN2O6/c1-13(2)10-18(26-20(29)19(14(3)28)27-21(30)31-22(4,5)6)25-32-17-12-15-11-16(23(15,7)8)24(17,9)33-25/h13-19,28H,10-12H2,1-9H3,(H,26,29)(H,27,30)/t14-,15-,16-,17-,18+,19+,24+/m1/s1. The molecule has 2 bridgehead atoms. The number of alkyl carbamates (subject to hydrolysis) is 1. The summed E-state index contributed by atoms with van der Waals surface area (Å²) < 4.78 is 18.2. The van der Waals surface area contributed by atoms with Crippen LogP contribution in [0.1, 0.15) is 81.6 Å². The fraction of sp³-hybridized carbons (Fsp3) is 0.917. The van der Waals surface area contributed by atoms with Crippen LogP contribution in [-0.4, -0.2) is 59.6 Å². The zero-order valence-electron chi connectivity index (χ0n) is 21.7. The molecule has 4 rings (SSSR count). The van der Waals surface area contributed by atoms with E-state index in [-0.39, 0.29) is 23.0 Å². The average molecular weight is 466 g/mol. The second-order valence-corrected chi connectivity index (χ2v) is 12.4. The molecule has 3 aliphatic carbocycles. The monoisotopic (exact) mass is 466 g/mol. The third kappa shape index (κ3) is 5.35. The molecular formula is C24H43BN2O6. The van der Waals surface area contributed by atoms with E-state index in [1.807, 2.05) is 0 Å². The van der Waals surface area contributed by atoms with Crippen molar-refractivity contribution in [2.45, 2.75) is 117 Å². The van der Waals surface area contributed by atoms with Gasteiger partial charge in [0.2, 0.25) is 5.91 Å². The van der Waals surface area contributed by atoms with Gasteiger partial charge in [0.05, 0.1) is 23.8 Å². The number of carbonyl (C=O) groups excluding carboxylic acids is 2. The van der Waals surface area contributed by atoms with Gasteiger partial charge in [-0.15, -0.1) is 0 Å². The van der Waals surface area contributed by atoms with Crippen molar-refractivity contribution in [3.63, 3.8) is 0 Å². The van der Waals surface area contributed by atoms with Crippen LogP contribution in [0.15, 0.2) is 0 Å². The predicted molar refractivity (Wildman–Crippen MR) is 126 cm³/mol. The van der Waals surface area contributed by atoms with Gasteiger partial charge in [0, 0.05) is 0 Å². The number of ether oxygens (including phenoxy) is 1. The summed E-state index contributed by atoms with van der Waals surface area (Å²) in [7, 11) is -0.572. The number of rotatable bonds is 7. The van der Waals surface area contributed by atoms with Crippen molar-refractivity contribution in [1.29, 1.82) is 0 Å². The number of carbonyl (C=O) groups is 2. The summed E-state index contributed by atoms with van der Waals surface area (Å²) in [6.45, 7) is 17.6. The fourth-order valence-electron chi connectivity index (χ4n) is 5.93. The van der Waals surface area contributed by atoms with Crippen molar-refractivity contribution < 1.29 is 28.7 Å². The molecule has 4 fully saturated rings. The summed E-state index contributed by atoms with van der Waals surface area (Å²) in [5, 5.41) is 15.7. The van der Waals surface area contributed by atoms with Crippen LogP contribution in [0.2, 0.25) is 0 Å². The van der Waals surface area contributed by atoms with E-state index in [9.17, 15) is 14.7 Å². The largest absolute Gasteiger partial charge is 0.481 e. The third-order valence-electron chi connectivity index (χ3n) is 7.79. The number of nitrogens with one attached hydrogen (secondary N) is 2. The first kappa shape index (κ1) is 26.3. The van der Waals surface area contributed by atoms with Gasteiger partial charge in [-0.1, -0.05) is 27.7 Å². The van der Waals surface area contributed by atoms with Gasteiger partial charge < -0.3 is 29.8 Å².